The molecule has 8 nitrogen and oxygen atoms in total. The molecule has 0 saturated carbocycles. The maximum atomic E-state index is 13.4. The lowest BCUT2D eigenvalue weighted by Crippen LogP contribution is -2.41. The first-order chi connectivity index (χ1) is 15.9. The Bertz CT molecular complexity index is 1290. The Kier molecular flexibility index (Phi) is 5.82. The number of nitro benzene ring substituents is 1. The fourth-order valence-electron chi connectivity index (χ4n) is 3.55. The molecule has 3 aromatic carbocycles. The molecule has 0 aromatic heterocycles. The largest absolute Gasteiger partial charge is 0.462 e. The third kappa shape index (κ3) is 4.14. The number of carbonyl (C=O) groups is 3. The molecule has 0 atom stereocenters. The molecule has 1 heterocycles. The van der Waals surface area contributed by atoms with Gasteiger partial charge in [0.15, 0.2) is 0 Å². The number of fused-ring (bicyclic) bond motifs is 1. The molecule has 1 aliphatic rings. The fourth-order valence-corrected chi connectivity index (χ4v) is 3.55. The van der Waals surface area contributed by atoms with E-state index in [-0.39, 0.29) is 17.9 Å². The monoisotopic (exact) mass is 442 g/mol. The van der Waals surface area contributed by atoms with Gasteiger partial charge < -0.3 is 4.74 Å². The number of hydrogen-bond donors (Lipinski definition) is 0. The van der Waals surface area contributed by atoms with Gasteiger partial charge in [0.2, 0.25) is 0 Å². The van der Waals surface area contributed by atoms with Gasteiger partial charge in [0.1, 0.15) is 0 Å². The van der Waals surface area contributed by atoms with E-state index in [1.54, 1.807) is 37.3 Å². The van der Waals surface area contributed by atoms with Gasteiger partial charge in [-0.05, 0) is 66.6 Å². The highest BCUT2D eigenvalue weighted by Gasteiger charge is 2.35. The average Bonchev–Trinajstić information content (AvgIpc) is 2.83. The lowest BCUT2D eigenvalue weighted by molar-refractivity contribution is -0.384. The Morgan fingerprint density at radius 3 is 2.18 bits per heavy atom. The van der Waals surface area contributed by atoms with Gasteiger partial charge in [-0.3, -0.25) is 19.7 Å². The lowest BCUT2D eigenvalue weighted by atomic mass is 9.91. The summed E-state index contributed by atoms with van der Waals surface area (Å²) in [5, 5.41) is 10.9. The van der Waals surface area contributed by atoms with Crippen molar-refractivity contribution in [2.24, 2.45) is 0 Å². The van der Waals surface area contributed by atoms with E-state index in [1.807, 2.05) is 0 Å². The zero-order valence-corrected chi connectivity index (χ0v) is 17.6. The molecule has 4 rings (SSSR count). The van der Waals surface area contributed by atoms with Crippen LogP contribution in [-0.4, -0.2) is 29.3 Å². The molecule has 0 unspecified atom stereocenters. The number of esters is 1. The van der Waals surface area contributed by atoms with E-state index in [2.05, 4.69) is 0 Å². The second kappa shape index (κ2) is 8.88. The molecule has 0 bridgehead atoms. The number of anilines is 1. The van der Waals surface area contributed by atoms with Crippen LogP contribution in [0.4, 0.5) is 11.4 Å². The van der Waals surface area contributed by atoms with Crippen molar-refractivity contribution in [3.8, 4) is 0 Å². The van der Waals surface area contributed by atoms with Crippen molar-refractivity contribution in [2.45, 2.75) is 6.92 Å². The Hall–Kier alpha value is -4.59. The number of ether oxygens (including phenoxy) is 1. The van der Waals surface area contributed by atoms with Crippen molar-refractivity contribution >= 4 is 40.8 Å². The third-order valence-corrected chi connectivity index (χ3v) is 5.14. The van der Waals surface area contributed by atoms with Crippen LogP contribution in [0.1, 0.15) is 38.8 Å². The first-order valence-corrected chi connectivity index (χ1v) is 10.1. The number of nitro groups is 1. The Labute approximate surface area is 188 Å². The number of carbonyl (C=O) groups excluding carboxylic acids is 3. The van der Waals surface area contributed by atoms with Crippen LogP contribution in [0, 0.1) is 10.1 Å². The molecule has 164 valence electrons. The number of amides is 2. The van der Waals surface area contributed by atoms with E-state index < -0.39 is 22.7 Å². The molecular weight excluding hydrogens is 424 g/mol. The number of benzene rings is 3. The van der Waals surface area contributed by atoms with Crippen molar-refractivity contribution in [3.63, 3.8) is 0 Å². The van der Waals surface area contributed by atoms with Crippen molar-refractivity contribution in [1.29, 1.82) is 0 Å². The third-order valence-electron chi connectivity index (χ3n) is 5.14. The number of rotatable bonds is 5. The molecule has 33 heavy (non-hydrogen) atoms. The van der Waals surface area contributed by atoms with Gasteiger partial charge in [-0.2, -0.15) is 0 Å². The summed E-state index contributed by atoms with van der Waals surface area (Å²) in [5.41, 5.74) is 2.22. The van der Waals surface area contributed by atoms with Crippen molar-refractivity contribution in [1.82, 2.24) is 0 Å². The molecule has 3 aromatic rings. The van der Waals surface area contributed by atoms with Gasteiger partial charge in [0.05, 0.1) is 22.8 Å². The molecular formula is C25H18N2O6. The van der Waals surface area contributed by atoms with Crippen LogP contribution in [-0.2, 0) is 9.53 Å². The topological polar surface area (TPSA) is 107 Å². The van der Waals surface area contributed by atoms with E-state index in [9.17, 15) is 24.5 Å². The molecule has 1 aliphatic heterocycles. The zero-order chi connectivity index (χ0) is 23.5. The maximum Gasteiger partial charge on any atom is 0.338 e. The molecule has 0 N–H and O–H groups in total. The van der Waals surface area contributed by atoms with Gasteiger partial charge in [-0.15, -0.1) is 0 Å². The smallest absolute Gasteiger partial charge is 0.338 e. The van der Waals surface area contributed by atoms with Crippen LogP contribution in [0.3, 0.4) is 0 Å². The minimum absolute atomic E-state index is 0.0639. The molecule has 0 saturated heterocycles. The Morgan fingerprint density at radius 2 is 1.58 bits per heavy atom. The van der Waals surface area contributed by atoms with E-state index in [4.69, 9.17) is 4.74 Å². The summed E-state index contributed by atoms with van der Waals surface area (Å²) >= 11 is 0. The molecule has 0 fully saturated rings. The Balaban J connectivity index is 1.76. The van der Waals surface area contributed by atoms with E-state index >= 15 is 0 Å². The van der Waals surface area contributed by atoms with E-state index in [0.29, 0.717) is 27.9 Å². The van der Waals surface area contributed by atoms with Gasteiger partial charge in [-0.25, -0.2) is 9.69 Å². The van der Waals surface area contributed by atoms with Crippen LogP contribution in [0.5, 0.6) is 0 Å². The molecule has 0 aliphatic carbocycles. The number of hydrogen-bond acceptors (Lipinski definition) is 6. The van der Waals surface area contributed by atoms with Gasteiger partial charge >= 0.3 is 5.97 Å². The summed E-state index contributed by atoms with van der Waals surface area (Å²) < 4.78 is 4.97. The number of imide groups is 1. The second-order valence-electron chi connectivity index (χ2n) is 7.17. The highest BCUT2D eigenvalue weighted by molar-refractivity contribution is 6.43. The summed E-state index contributed by atoms with van der Waals surface area (Å²) in [6.07, 6.45) is 1.59. The minimum Gasteiger partial charge on any atom is -0.462 e. The van der Waals surface area contributed by atoms with Crippen LogP contribution < -0.4 is 4.90 Å². The molecule has 2 amide bonds. The minimum atomic E-state index is -0.541. The Morgan fingerprint density at radius 1 is 0.939 bits per heavy atom. The first kappa shape index (κ1) is 21.6. The highest BCUT2D eigenvalue weighted by atomic mass is 16.6. The SMILES string of the molecule is CCOC(=O)c1ccc(N2C(=O)C(=Cc3ccc([N+](=O)[O-])cc3)c3ccccc3C2=O)cc1. The summed E-state index contributed by atoms with van der Waals surface area (Å²) in [4.78, 5) is 50.0. The lowest BCUT2D eigenvalue weighted by Gasteiger charge is -2.28. The fraction of sp³-hybridized carbons (Fsp3) is 0.0800. The van der Waals surface area contributed by atoms with Crippen LogP contribution >= 0.6 is 0 Å². The van der Waals surface area contributed by atoms with Crippen molar-refractivity contribution in [3.05, 3.63) is 105 Å². The number of non-ortho nitro benzene ring substituents is 1. The zero-order valence-electron chi connectivity index (χ0n) is 17.6. The quantitative estimate of drug-likeness (QED) is 0.189. The van der Waals surface area contributed by atoms with Crippen LogP contribution in [0.15, 0.2) is 72.8 Å². The van der Waals surface area contributed by atoms with E-state index in [1.165, 1.54) is 48.5 Å². The van der Waals surface area contributed by atoms with Crippen LogP contribution in [0.2, 0.25) is 0 Å². The summed E-state index contributed by atoms with van der Waals surface area (Å²) in [6, 6.07) is 18.5. The predicted molar refractivity (Wildman–Crippen MR) is 122 cm³/mol. The van der Waals surface area contributed by atoms with Crippen LogP contribution in [0.25, 0.3) is 11.6 Å². The van der Waals surface area contributed by atoms with E-state index in [0.717, 1.165) is 4.90 Å². The molecule has 0 spiro atoms. The van der Waals surface area contributed by atoms with Gasteiger partial charge in [0.25, 0.3) is 17.5 Å². The number of nitrogens with zero attached hydrogens (tertiary/aromatic N) is 2. The summed E-state index contributed by atoms with van der Waals surface area (Å²) in [7, 11) is 0. The van der Waals surface area contributed by atoms with Gasteiger partial charge in [0, 0.05) is 23.3 Å². The normalized spacial score (nSPS) is 14.2. The van der Waals surface area contributed by atoms with Crippen molar-refractivity contribution in [2.75, 3.05) is 11.5 Å². The average molecular weight is 442 g/mol. The summed E-state index contributed by atoms with van der Waals surface area (Å²) in [6.45, 7) is 1.94. The standard InChI is InChI=1S/C25H18N2O6/c1-2-33-25(30)17-9-13-18(14-10-17)26-23(28)21-6-4-3-5-20(21)22(24(26)29)15-16-7-11-19(12-8-16)27(31)32/h3-15H,2H2,1H3. The maximum absolute atomic E-state index is 13.4. The second-order valence-corrected chi connectivity index (χ2v) is 7.17. The first-order valence-electron chi connectivity index (χ1n) is 10.1. The molecule has 0 radical (unpaired) electrons. The molecule has 8 heteroatoms. The van der Waals surface area contributed by atoms with Gasteiger partial charge in [-0.1, -0.05) is 18.2 Å². The highest BCUT2D eigenvalue weighted by Crippen LogP contribution is 2.33. The van der Waals surface area contributed by atoms with Crippen molar-refractivity contribution < 1.29 is 24.0 Å². The summed E-state index contributed by atoms with van der Waals surface area (Å²) in [5.74, 6) is -1.52. The predicted octanol–water partition coefficient (Wildman–Crippen LogP) is 4.50.